The highest BCUT2D eigenvalue weighted by molar-refractivity contribution is 5.31. The number of benzene rings is 2. The van der Waals surface area contributed by atoms with Gasteiger partial charge in [0.25, 0.3) is 0 Å². The average molecular weight is 273 g/mol. The van der Waals surface area contributed by atoms with Crippen molar-refractivity contribution in [3.63, 3.8) is 0 Å². The van der Waals surface area contributed by atoms with E-state index < -0.39 is 11.5 Å². The molecule has 3 N–H and O–H groups in total. The van der Waals surface area contributed by atoms with Crippen LogP contribution in [0.2, 0.25) is 0 Å². The van der Waals surface area contributed by atoms with E-state index in [1.54, 1.807) is 19.1 Å². The number of aliphatic hydroxyl groups is 1. The van der Waals surface area contributed by atoms with Crippen LogP contribution in [0.3, 0.4) is 0 Å². The zero-order valence-corrected chi connectivity index (χ0v) is 11.6. The zero-order chi connectivity index (χ0) is 14.6. The molecule has 2 rings (SSSR count). The Morgan fingerprint density at radius 3 is 2.20 bits per heavy atom. The van der Waals surface area contributed by atoms with Crippen molar-refractivity contribution in [3.05, 3.63) is 71.5 Å². The minimum atomic E-state index is -0.597. The molecule has 106 valence electrons. The molecule has 20 heavy (non-hydrogen) atoms. The van der Waals surface area contributed by atoms with Crippen LogP contribution in [0, 0.1) is 5.82 Å². The van der Waals surface area contributed by atoms with Crippen LogP contribution in [0.1, 0.15) is 18.1 Å². The van der Waals surface area contributed by atoms with Gasteiger partial charge >= 0.3 is 0 Å². The van der Waals surface area contributed by atoms with Gasteiger partial charge in [0.15, 0.2) is 0 Å². The Balaban J connectivity index is 2.40. The molecule has 0 aromatic heterocycles. The van der Waals surface area contributed by atoms with Gasteiger partial charge in [-0.25, -0.2) is 4.39 Å². The molecule has 0 saturated carbocycles. The molecule has 0 heterocycles. The Morgan fingerprint density at radius 1 is 1.10 bits per heavy atom. The molecule has 0 saturated heterocycles. The summed E-state index contributed by atoms with van der Waals surface area (Å²) in [6, 6.07) is 16.1. The summed E-state index contributed by atoms with van der Waals surface area (Å²) in [5, 5.41) is 10.3. The maximum absolute atomic E-state index is 13.0. The number of nitrogens with two attached hydrogens (primary N) is 1. The molecule has 2 aromatic rings. The predicted octanol–water partition coefficient (Wildman–Crippen LogP) is 2.65. The van der Waals surface area contributed by atoms with Gasteiger partial charge in [0.05, 0.1) is 6.10 Å². The van der Waals surface area contributed by atoms with E-state index in [4.69, 9.17) is 5.73 Å². The quantitative estimate of drug-likeness (QED) is 0.879. The van der Waals surface area contributed by atoms with E-state index in [1.807, 2.05) is 30.3 Å². The van der Waals surface area contributed by atoms with Gasteiger partial charge in [-0.3, -0.25) is 0 Å². The van der Waals surface area contributed by atoms with Gasteiger partial charge in [-0.2, -0.15) is 0 Å². The summed E-state index contributed by atoms with van der Waals surface area (Å²) >= 11 is 0. The average Bonchev–Trinajstić information content (AvgIpc) is 2.47. The molecule has 0 bridgehead atoms. The fourth-order valence-electron chi connectivity index (χ4n) is 2.59. The second-order valence-electron chi connectivity index (χ2n) is 5.21. The zero-order valence-electron chi connectivity index (χ0n) is 11.6. The monoisotopic (exact) mass is 273 g/mol. The Kier molecular flexibility index (Phi) is 4.53. The van der Waals surface area contributed by atoms with E-state index in [9.17, 15) is 9.50 Å². The maximum Gasteiger partial charge on any atom is 0.123 e. The van der Waals surface area contributed by atoms with Crippen molar-refractivity contribution in [2.75, 3.05) is 6.54 Å². The van der Waals surface area contributed by atoms with Gasteiger partial charge in [-0.05, 0) is 36.6 Å². The first-order valence-corrected chi connectivity index (χ1v) is 6.76. The second kappa shape index (κ2) is 6.16. The summed E-state index contributed by atoms with van der Waals surface area (Å²) < 4.78 is 13.0. The highest BCUT2D eigenvalue weighted by Crippen LogP contribution is 2.31. The predicted molar refractivity (Wildman–Crippen MR) is 79.0 cm³/mol. The van der Waals surface area contributed by atoms with E-state index in [0.29, 0.717) is 13.0 Å². The first-order chi connectivity index (χ1) is 9.58. The molecule has 0 amide bonds. The molecule has 0 fully saturated rings. The first-order valence-electron chi connectivity index (χ1n) is 6.76. The fraction of sp³-hybridized carbons (Fsp3) is 0.294. The summed E-state index contributed by atoms with van der Waals surface area (Å²) in [7, 11) is 0. The lowest BCUT2D eigenvalue weighted by Gasteiger charge is -2.36. The molecule has 0 radical (unpaired) electrons. The Bertz CT molecular complexity index is 539. The summed E-state index contributed by atoms with van der Waals surface area (Å²) in [5.74, 6) is -0.260. The summed E-state index contributed by atoms with van der Waals surface area (Å²) in [4.78, 5) is 0. The lowest BCUT2D eigenvalue weighted by molar-refractivity contribution is 0.100. The molecule has 2 nitrogen and oxygen atoms in total. The molecule has 2 atom stereocenters. The molecule has 0 aliphatic rings. The Hall–Kier alpha value is -1.71. The normalized spacial score (nSPS) is 15.6. The largest absolute Gasteiger partial charge is 0.392 e. The van der Waals surface area contributed by atoms with Crippen LogP contribution in [0.4, 0.5) is 4.39 Å². The van der Waals surface area contributed by atoms with E-state index in [2.05, 4.69) is 0 Å². The minimum Gasteiger partial charge on any atom is -0.392 e. The lowest BCUT2D eigenvalue weighted by atomic mass is 9.72. The van der Waals surface area contributed by atoms with Crippen LogP contribution in [0.25, 0.3) is 0 Å². The lowest BCUT2D eigenvalue weighted by Crippen LogP contribution is -2.46. The Labute approximate surface area is 119 Å². The maximum atomic E-state index is 13.0. The summed E-state index contributed by atoms with van der Waals surface area (Å²) in [6.07, 6.45) is -0.0224. The van der Waals surface area contributed by atoms with Gasteiger partial charge in [0.1, 0.15) is 5.82 Å². The minimum absolute atomic E-state index is 0.260. The van der Waals surface area contributed by atoms with E-state index in [0.717, 1.165) is 11.1 Å². The number of aliphatic hydroxyl groups excluding tert-OH is 1. The third-order valence-electron chi connectivity index (χ3n) is 3.95. The molecule has 0 aliphatic heterocycles. The number of hydrogen-bond donors (Lipinski definition) is 2. The van der Waals surface area contributed by atoms with Crippen LogP contribution < -0.4 is 5.73 Å². The van der Waals surface area contributed by atoms with E-state index in [1.165, 1.54) is 12.1 Å². The van der Waals surface area contributed by atoms with Gasteiger partial charge in [0.2, 0.25) is 0 Å². The van der Waals surface area contributed by atoms with Gasteiger partial charge in [0, 0.05) is 12.0 Å². The van der Waals surface area contributed by atoms with E-state index >= 15 is 0 Å². The molecule has 0 spiro atoms. The van der Waals surface area contributed by atoms with Crippen molar-refractivity contribution in [1.82, 2.24) is 0 Å². The van der Waals surface area contributed by atoms with Crippen molar-refractivity contribution in [2.45, 2.75) is 24.9 Å². The molecular weight excluding hydrogens is 253 g/mol. The molecule has 0 aliphatic carbocycles. The van der Waals surface area contributed by atoms with Crippen molar-refractivity contribution in [2.24, 2.45) is 5.73 Å². The second-order valence-corrected chi connectivity index (χ2v) is 5.21. The van der Waals surface area contributed by atoms with Crippen molar-refractivity contribution in [3.8, 4) is 0 Å². The third kappa shape index (κ3) is 2.89. The number of halogens is 1. The molecule has 3 heteroatoms. The van der Waals surface area contributed by atoms with Crippen molar-refractivity contribution >= 4 is 0 Å². The highest BCUT2D eigenvalue weighted by atomic mass is 19.1. The van der Waals surface area contributed by atoms with Crippen LogP contribution in [-0.2, 0) is 11.8 Å². The molecule has 2 aromatic carbocycles. The fourth-order valence-corrected chi connectivity index (χ4v) is 2.59. The van der Waals surface area contributed by atoms with Crippen LogP contribution in [-0.4, -0.2) is 17.8 Å². The molecular formula is C17H20FNO. The smallest absolute Gasteiger partial charge is 0.123 e. The van der Waals surface area contributed by atoms with E-state index in [-0.39, 0.29) is 5.82 Å². The Morgan fingerprint density at radius 2 is 1.70 bits per heavy atom. The van der Waals surface area contributed by atoms with Crippen molar-refractivity contribution < 1.29 is 9.50 Å². The first kappa shape index (κ1) is 14.7. The topological polar surface area (TPSA) is 46.2 Å². The van der Waals surface area contributed by atoms with Crippen LogP contribution >= 0.6 is 0 Å². The summed E-state index contributed by atoms with van der Waals surface area (Å²) in [6.45, 7) is 2.08. The van der Waals surface area contributed by atoms with Crippen molar-refractivity contribution in [1.29, 1.82) is 0 Å². The third-order valence-corrected chi connectivity index (χ3v) is 3.95. The van der Waals surface area contributed by atoms with Gasteiger partial charge in [-0.15, -0.1) is 0 Å². The van der Waals surface area contributed by atoms with Gasteiger partial charge < -0.3 is 10.8 Å². The molecule has 2 unspecified atom stereocenters. The SMILES string of the molecule is CC(O)C(CN)(Cc1ccc(F)cc1)c1ccccc1. The number of rotatable bonds is 5. The van der Waals surface area contributed by atoms with Gasteiger partial charge in [-0.1, -0.05) is 42.5 Å². The summed E-state index contributed by atoms with van der Waals surface area (Å²) in [5.41, 5.74) is 7.39. The van der Waals surface area contributed by atoms with Crippen LogP contribution in [0.15, 0.2) is 54.6 Å². The highest BCUT2D eigenvalue weighted by Gasteiger charge is 2.36. The standard InChI is InChI=1S/C17H20FNO/c1-13(20)17(12-19,15-5-3-2-4-6-15)11-14-7-9-16(18)10-8-14/h2-10,13,20H,11-12,19H2,1H3. The number of hydrogen-bond acceptors (Lipinski definition) is 2. The van der Waals surface area contributed by atoms with Crippen LogP contribution in [0.5, 0.6) is 0 Å².